The van der Waals surface area contributed by atoms with Crippen LogP contribution >= 0.6 is 0 Å². The summed E-state index contributed by atoms with van der Waals surface area (Å²) in [6.45, 7) is 3.99. The lowest BCUT2D eigenvalue weighted by Crippen LogP contribution is -2.11. The molecule has 2 N–H and O–H groups in total. The van der Waals surface area contributed by atoms with Gasteiger partial charge in [-0.05, 0) is 48.5 Å². The van der Waals surface area contributed by atoms with Crippen molar-refractivity contribution in [3.8, 4) is 17.1 Å². The molecule has 7 nitrogen and oxygen atoms in total. The van der Waals surface area contributed by atoms with Crippen LogP contribution in [-0.2, 0) is 0 Å². The van der Waals surface area contributed by atoms with Gasteiger partial charge < -0.3 is 10.1 Å². The highest BCUT2D eigenvalue weighted by Gasteiger charge is 2.08. The van der Waals surface area contributed by atoms with Crippen LogP contribution in [-0.4, -0.2) is 22.7 Å². The van der Waals surface area contributed by atoms with E-state index >= 15 is 0 Å². The van der Waals surface area contributed by atoms with Gasteiger partial charge in [0.25, 0.3) is 5.91 Å². The largest absolute Gasteiger partial charge is 0.490 e. The maximum absolute atomic E-state index is 12.3. The van der Waals surface area contributed by atoms with Crippen molar-refractivity contribution < 1.29 is 14.1 Å². The molecule has 1 aromatic heterocycles. The minimum atomic E-state index is -0.618. The fourth-order valence-electron chi connectivity index (χ4n) is 2.13. The first kappa shape index (κ1) is 16.3. The standard InChI is InChI=1S/C18H15N3O4/c1-2-11-24-15-9-5-13(6-10-15)17(22)19-14-7-3-12(4-8-14)16-20-18(23)25-21-16/h2-10H,1,11H2,(H,19,22)(H,20,21,23). The summed E-state index contributed by atoms with van der Waals surface area (Å²) in [6, 6.07) is 13.7. The van der Waals surface area contributed by atoms with Crippen LogP contribution in [0, 0.1) is 0 Å². The molecule has 0 spiro atoms. The Balaban J connectivity index is 1.66. The van der Waals surface area contributed by atoms with Crippen LogP contribution in [0.5, 0.6) is 5.75 Å². The maximum Gasteiger partial charge on any atom is 0.439 e. The van der Waals surface area contributed by atoms with Gasteiger partial charge in [0.2, 0.25) is 0 Å². The van der Waals surface area contributed by atoms with Crippen LogP contribution in [0.2, 0.25) is 0 Å². The first-order valence-corrected chi connectivity index (χ1v) is 7.47. The van der Waals surface area contributed by atoms with E-state index in [4.69, 9.17) is 4.74 Å². The molecular weight excluding hydrogens is 322 g/mol. The summed E-state index contributed by atoms with van der Waals surface area (Å²) in [5.41, 5.74) is 1.80. The molecule has 1 amide bonds. The van der Waals surface area contributed by atoms with Crippen molar-refractivity contribution in [2.75, 3.05) is 11.9 Å². The van der Waals surface area contributed by atoms with Gasteiger partial charge >= 0.3 is 5.76 Å². The number of carbonyl (C=O) groups excluding carboxylic acids is 1. The number of aromatic nitrogens is 2. The number of rotatable bonds is 6. The van der Waals surface area contributed by atoms with Crippen molar-refractivity contribution in [2.45, 2.75) is 0 Å². The number of aromatic amines is 1. The average Bonchev–Trinajstić information content (AvgIpc) is 3.07. The predicted molar refractivity (Wildman–Crippen MR) is 92.6 cm³/mol. The Morgan fingerprint density at radius 2 is 1.92 bits per heavy atom. The third kappa shape index (κ3) is 4.03. The van der Waals surface area contributed by atoms with Crippen molar-refractivity contribution in [3.63, 3.8) is 0 Å². The van der Waals surface area contributed by atoms with Crippen molar-refractivity contribution in [1.29, 1.82) is 0 Å². The number of hydrogen-bond acceptors (Lipinski definition) is 5. The zero-order valence-corrected chi connectivity index (χ0v) is 13.2. The van der Waals surface area contributed by atoms with Crippen LogP contribution in [0.15, 0.2) is 70.5 Å². The molecule has 0 unspecified atom stereocenters. The summed E-state index contributed by atoms with van der Waals surface area (Å²) in [4.78, 5) is 25.7. The second kappa shape index (κ2) is 7.31. The Bertz CT molecular complexity index is 924. The molecule has 0 aliphatic heterocycles. The van der Waals surface area contributed by atoms with Gasteiger partial charge in [-0.1, -0.05) is 17.8 Å². The summed E-state index contributed by atoms with van der Waals surface area (Å²) >= 11 is 0. The second-order valence-electron chi connectivity index (χ2n) is 5.10. The number of anilines is 1. The minimum Gasteiger partial charge on any atom is -0.490 e. The maximum atomic E-state index is 12.3. The third-order valence-corrected chi connectivity index (χ3v) is 3.34. The number of amides is 1. The minimum absolute atomic E-state index is 0.238. The highest BCUT2D eigenvalue weighted by molar-refractivity contribution is 6.04. The summed E-state index contributed by atoms with van der Waals surface area (Å²) in [7, 11) is 0. The summed E-state index contributed by atoms with van der Waals surface area (Å²) in [5.74, 6) is 0.145. The molecule has 0 atom stereocenters. The van der Waals surface area contributed by atoms with E-state index in [0.29, 0.717) is 35.0 Å². The van der Waals surface area contributed by atoms with Gasteiger partial charge in [0.1, 0.15) is 12.4 Å². The smallest absolute Gasteiger partial charge is 0.439 e. The average molecular weight is 337 g/mol. The fraction of sp³-hybridized carbons (Fsp3) is 0.0556. The van der Waals surface area contributed by atoms with E-state index in [-0.39, 0.29) is 5.91 Å². The van der Waals surface area contributed by atoms with Crippen molar-refractivity contribution in [2.24, 2.45) is 0 Å². The number of carbonyl (C=O) groups is 1. The fourth-order valence-corrected chi connectivity index (χ4v) is 2.13. The van der Waals surface area contributed by atoms with E-state index in [0.717, 1.165) is 0 Å². The molecule has 0 saturated heterocycles. The lowest BCUT2D eigenvalue weighted by atomic mass is 10.1. The van der Waals surface area contributed by atoms with Crippen LogP contribution < -0.4 is 15.8 Å². The summed E-state index contributed by atoms with van der Waals surface area (Å²) in [6.07, 6.45) is 1.65. The second-order valence-corrected chi connectivity index (χ2v) is 5.10. The molecule has 0 saturated carbocycles. The van der Waals surface area contributed by atoms with E-state index in [2.05, 4.69) is 26.6 Å². The Labute approximate surface area is 142 Å². The van der Waals surface area contributed by atoms with Gasteiger partial charge in [0.05, 0.1) is 0 Å². The molecule has 126 valence electrons. The number of nitrogens with one attached hydrogen (secondary N) is 2. The van der Waals surface area contributed by atoms with Gasteiger partial charge in [-0.25, -0.2) is 4.79 Å². The van der Waals surface area contributed by atoms with Gasteiger partial charge in [-0.2, -0.15) is 0 Å². The normalized spacial score (nSPS) is 10.2. The lowest BCUT2D eigenvalue weighted by Gasteiger charge is -2.07. The molecule has 0 aliphatic carbocycles. The zero-order valence-electron chi connectivity index (χ0n) is 13.2. The Hall–Kier alpha value is -3.61. The summed E-state index contributed by atoms with van der Waals surface area (Å²) < 4.78 is 9.84. The van der Waals surface area contributed by atoms with Crippen LogP contribution in [0.1, 0.15) is 10.4 Å². The first-order valence-electron chi connectivity index (χ1n) is 7.47. The van der Waals surface area contributed by atoms with Crippen molar-refractivity contribution in [1.82, 2.24) is 10.1 Å². The Morgan fingerprint density at radius 1 is 1.20 bits per heavy atom. The van der Waals surface area contributed by atoms with Crippen LogP contribution in [0.25, 0.3) is 11.4 Å². The van der Waals surface area contributed by atoms with E-state index in [1.165, 1.54) is 0 Å². The van der Waals surface area contributed by atoms with Gasteiger partial charge in [0, 0.05) is 16.8 Å². The summed E-state index contributed by atoms with van der Waals surface area (Å²) in [5, 5.41) is 6.40. The molecule has 3 rings (SSSR count). The molecule has 7 heteroatoms. The molecular formula is C18H15N3O4. The highest BCUT2D eigenvalue weighted by Crippen LogP contribution is 2.18. The SMILES string of the molecule is C=CCOc1ccc(C(=O)Nc2ccc(-c3noc(=O)[nH]3)cc2)cc1. The van der Waals surface area contributed by atoms with E-state index < -0.39 is 5.76 Å². The quantitative estimate of drug-likeness (QED) is 0.674. The Kier molecular flexibility index (Phi) is 4.75. The molecule has 3 aromatic rings. The zero-order chi connectivity index (χ0) is 17.6. The molecule has 0 aliphatic rings. The molecule has 2 aromatic carbocycles. The number of H-pyrrole nitrogens is 1. The van der Waals surface area contributed by atoms with Crippen LogP contribution in [0.3, 0.4) is 0 Å². The molecule has 0 bridgehead atoms. The topological polar surface area (TPSA) is 97.2 Å². The van der Waals surface area contributed by atoms with E-state index in [1.54, 1.807) is 54.6 Å². The number of benzene rings is 2. The molecule has 0 radical (unpaired) electrons. The monoisotopic (exact) mass is 337 g/mol. The van der Waals surface area contributed by atoms with Gasteiger partial charge in [-0.3, -0.25) is 14.3 Å². The highest BCUT2D eigenvalue weighted by atomic mass is 16.5. The van der Waals surface area contributed by atoms with Crippen molar-refractivity contribution >= 4 is 11.6 Å². The molecule has 25 heavy (non-hydrogen) atoms. The van der Waals surface area contributed by atoms with Crippen molar-refractivity contribution in [3.05, 3.63) is 77.3 Å². The molecule has 1 heterocycles. The first-order chi connectivity index (χ1) is 12.2. The van der Waals surface area contributed by atoms with Gasteiger partial charge in [-0.15, -0.1) is 0 Å². The van der Waals surface area contributed by atoms with Gasteiger partial charge in [0.15, 0.2) is 5.82 Å². The van der Waals surface area contributed by atoms with Crippen LogP contribution in [0.4, 0.5) is 5.69 Å². The van der Waals surface area contributed by atoms with E-state index in [1.807, 2.05) is 0 Å². The third-order valence-electron chi connectivity index (χ3n) is 3.34. The Morgan fingerprint density at radius 3 is 2.52 bits per heavy atom. The number of ether oxygens (including phenoxy) is 1. The number of hydrogen-bond donors (Lipinski definition) is 2. The predicted octanol–water partition coefficient (Wildman–Crippen LogP) is 2.85. The number of nitrogens with zero attached hydrogens (tertiary/aromatic N) is 1. The molecule has 0 fully saturated rings. The van der Waals surface area contributed by atoms with E-state index in [9.17, 15) is 9.59 Å². The lowest BCUT2D eigenvalue weighted by molar-refractivity contribution is 0.102.